The van der Waals surface area contributed by atoms with E-state index in [1.807, 2.05) is 37.3 Å². The maximum atomic E-state index is 11.6. The molecule has 4 rings (SSSR count). The number of H-pyrrole nitrogens is 1. The van der Waals surface area contributed by atoms with Gasteiger partial charge in [-0.05, 0) is 25.1 Å². The lowest BCUT2D eigenvalue weighted by atomic mass is 10.0. The van der Waals surface area contributed by atoms with Crippen LogP contribution in [-0.2, 0) is 11.2 Å². The molecule has 0 fully saturated rings. The number of rotatable bonds is 8. The monoisotopic (exact) mass is 410 g/mol. The van der Waals surface area contributed by atoms with Crippen LogP contribution in [0.1, 0.15) is 13.3 Å². The molecule has 150 valence electrons. The largest absolute Gasteiger partial charge is 0.616 e. The van der Waals surface area contributed by atoms with Crippen LogP contribution in [0.2, 0.25) is 0 Å². The molecule has 1 atom stereocenters. The molecule has 1 N–H and O–H groups in total. The molecule has 0 spiro atoms. The Balaban J connectivity index is 1.66. The van der Waals surface area contributed by atoms with Crippen molar-refractivity contribution in [3.05, 3.63) is 42.9 Å². The number of nitrogens with zero attached hydrogens (tertiary/aromatic N) is 3. The van der Waals surface area contributed by atoms with E-state index < -0.39 is 11.2 Å². The van der Waals surface area contributed by atoms with Gasteiger partial charge >= 0.3 is 0 Å². The van der Waals surface area contributed by atoms with Crippen LogP contribution in [0, 0.1) is 0 Å². The quantitative estimate of drug-likeness (QED) is 0.351. The van der Waals surface area contributed by atoms with Crippen molar-refractivity contribution in [3.63, 3.8) is 0 Å². The Labute approximate surface area is 171 Å². The Morgan fingerprint density at radius 3 is 2.86 bits per heavy atom. The zero-order valence-corrected chi connectivity index (χ0v) is 17.2. The first-order valence-electron chi connectivity index (χ1n) is 9.45. The third kappa shape index (κ3) is 3.99. The Bertz CT molecular complexity index is 1100. The van der Waals surface area contributed by atoms with Crippen LogP contribution in [0.25, 0.3) is 33.3 Å². The number of ether oxygens (including phenoxy) is 2. The summed E-state index contributed by atoms with van der Waals surface area (Å²) in [4.78, 5) is 16.0. The van der Waals surface area contributed by atoms with E-state index in [1.54, 1.807) is 13.3 Å². The highest BCUT2D eigenvalue weighted by molar-refractivity contribution is 7.91. The van der Waals surface area contributed by atoms with Gasteiger partial charge < -0.3 is 19.0 Å². The summed E-state index contributed by atoms with van der Waals surface area (Å²) in [6.45, 7) is 2.46. The fourth-order valence-corrected chi connectivity index (χ4v) is 4.00. The number of aromatic nitrogens is 4. The minimum absolute atomic E-state index is 0.525. The first kappa shape index (κ1) is 19.5. The van der Waals surface area contributed by atoms with Gasteiger partial charge in [0.15, 0.2) is 5.65 Å². The third-order valence-electron chi connectivity index (χ3n) is 4.69. The first-order valence-corrected chi connectivity index (χ1v) is 10.9. The van der Waals surface area contributed by atoms with E-state index in [4.69, 9.17) is 9.47 Å². The number of hydrogen-bond donors (Lipinski definition) is 1. The van der Waals surface area contributed by atoms with Gasteiger partial charge in [-0.15, -0.1) is 0 Å². The Kier molecular flexibility index (Phi) is 5.82. The molecule has 0 aliphatic carbocycles. The molecule has 0 aliphatic heterocycles. The molecule has 0 amide bonds. The van der Waals surface area contributed by atoms with Gasteiger partial charge in [0, 0.05) is 17.2 Å². The van der Waals surface area contributed by atoms with Crippen LogP contribution in [-0.4, -0.2) is 49.7 Å². The number of benzene rings is 2. The predicted octanol–water partition coefficient (Wildman–Crippen LogP) is 3.72. The lowest BCUT2D eigenvalue weighted by molar-refractivity contribution is 0.321. The van der Waals surface area contributed by atoms with E-state index in [0.717, 1.165) is 28.5 Å². The second kappa shape index (κ2) is 8.67. The van der Waals surface area contributed by atoms with Crippen LogP contribution < -0.4 is 9.47 Å². The predicted molar refractivity (Wildman–Crippen MR) is 115 cm³/mol. The van der Waals surface area contributed by atoms with Gasteiger partial charge in [0.1, 0.15) is 40.7 Å². The molecule has 2 aromatic carbocycles. The van der Waals surface area contributed by atoms with Gasteiger partial charge in [0.05, 0.1) is 25.5 Å². The number of hydrogen-bond acceptors (Lipinski definition) is 6. The number of methoxy groups -OCH3 is 1. The van der Waals surface area contributed by atoms with Gasteiger partial charge in [-0.1, -0.05) is 23.3 Å². The molecule has 0 radical (unpaired) electrons. The van der Waals surface area contributed by atoms with E-state index in [9.17, 15) is 4.55 Å². The van der Waals surface area contributed by atoms with Crippen molar-refractivity contribution in [1.82, 2.24) is 19.9 Å². The standard InChI is InChI=1S/C21H22N4O3S/c1-3-29(26)11-5-10-28-18-7-4-6-15-14(18)8-9-16(19(15)27-2)20-24-17-12-22-13-23-21(17)25-20/h4,6-9,12-13H,3,5,10-11H2,1-2H3,(H,22,23,24,25). The second-order valence-electron chi connectivity index (χ2n) is 6.47. The van der Waals surface area contributed by atoms with Crippen molar-refractivity contribution < 1.29 is 14.0 Å². The number of imidazole rings is 1. The summed E-state index contributed by atoms with van der Waals surface area (Å²) in [6.07, 6.45) is 3.92. The van der Waals surface area contributed by atoms with Gasteiger partial charge in [0.25, 0.3) is 0 Å². The van der Waals surface area contributed by atoms with E-state index in [1.165, 1.54) is 6.33 Å². The zero-order chi connectivity index (χ0) is 20.2. The minimum Gasteiger partial charge on any atom is -0.616 e. The average Bonchev–Trinajstić information content (AvgIpc) is 3.19. The van der Waals surface area contributed by atoms with Crippen molar-refractivity contribution in [3.8, 4) is 22.9 Å². The smallest absolute Gasteiger partial charge is 0.161 e. The third-order valence-corrected chi connectivity index (χ3v) is 6.08. The number of aromatic amines is 1. The molecule has 4 aromatic rings. The summed E-state index contributed by atoms with van der Waals surface area (Å²) in [6, 6.07) is 9.85. The molecular formula is C21H22N4O3S. The van der Waals surface area contributed by atoms with Gasteiger partial charge in [0.2, 0.25) is 0 Å². The van der Waals surface area contributed by atoms with E-state index in [-0.39, 0.29) is 0 Å². The van der Waals surface area contributed by atoms with Crippen molar-refractivity contribution >= 4 is 33.1 Å². The molecular weight excluding hydrogens is 388 g/mol. The van der Waals surface area contributed by atoms with Crippen molar-refractivity contribution in [2.24, 2.45) is 0 Å². The summed E-state index contributed by atoms with van der Waals surface area (Å²) in [7, 11) is 1.65. The SMILES string of the molecule is CC[S+]([O-])CCCOc1cccc2c(OC)c(-c3nc4cncnc4[nH]3)ccc12. The molecule has 2 aromatic heterocycles. The first-order chi connectivity index (χ1) is 14.2. The highest BCUT2D eigenvalue weighted by Gasteiger charge is 2.16. The molecule has 29 heavy (non-hydrogen) atoms. The molecule has 8 heteroatoms. The van der Waals surface area contributed by atoms with E-state index in [2.05, 4.69) is 19.9 Å². The van der Waals surface area contributed by atoms with Gasteiger partial charge in [-0.25, -0.2) is 15.0 Å². The lowest BCUT2D eigenvalue weighted by Crippen LogP contribution is -2.11. The minimum atomic E-state index is -0.768. The fourth-order valence-electron chi connectivity index (χ4n) is 3.27. The molecule has 0 saturated carbocycles. The summed E-state index contributed by atoms with van der Waals surface area (Å²) < 4.78 is 23.3. The number of fused-ring (bicyclic) bond motifs is 2. The van der Waals surface area contributed by atoms with Crippen LogP contribution >= 0.6 is 0 Å². The van der Waals surface area contributed by atoms with E-state index in [0.29, 0.717) is 40.9 Å². The molecule has 7 nitrogen and oxygen atoms in total. The second-order valence-corrected chi connectivity index (χ2v) is 8.34. The van der Waals surface area contributed by atoms with Crippen molar-refractivity contribution in [2.75, 3.05) is 25.2 Å². The maximum absolute atomic E-state index is 11.6. The van der Waals surface area contributed by atoms with E-state index >= 15 is 0 Å². The molecule has 0 saturated heterocycles. The topological polar surface area (TPSA) is 96.0 Å². The molecule has 2 heterocycles. The Hall–Kier alpha value is -2.84. The number of nitrogens with one attached hydrogen (secondary N) is 1. The Morgan fingerprint density at radius 2 is 2.07 bits per heavy atom. The van der Waals surface area contributed by atoms with Crippen LogP contribution in [0.4, 0.5) is 0 Å². The molecule has 0 aliphatic rings. The average molecular weight is 410 g/mol. The maximum Gasteiger partial charge on any atom is 0.161 e. The lowest BCUT2D eigenvalue weighted by Gasteiger charge is -2.14. The van der Waals surface area contributed by atoms with Crippen LogP contribution in [0.5, 0.6) is 11.5 Å². The van der Waals surface area contributed by atoms with Crippen molar-refractivity contribution in [1.29, 1.82) is 0 Å². The fraction of sp³-hybridized carbons (Fsp3) is 0.286. The highest BCUT2D eigenvalue weighted by atomic mass is 32.2. The summed E-state index contributed by atoms with van der Waals surface area (Å²) in [5, 5.41) is 1.90. The summed E-state index contributed by atoms with van der Waals surface area (Å²) in [5.74, 6) is 3.51. The molecule has 1 unspecified atom stereocenters. The van der Waals surface area contributed by atoms with Crippen LogP contribution in [0.3, 0.4) is 0 Å². The Morgan fingerprint density at radius 1 is 1.17 bits per heavy atom. The normalized spacial score (nSPS) is 12.4. The highest BCUT2D eigenvalue weighted by Crippen LogP contribution is 2.39. The summed E-state index contributed by atoms with van der Waals surface area (Å²) >= 11 is -0.768. The van der Waals surface area contributed by atoms with Gasteiger partial charge in [-0.3, -0.25) is 0 Å². The zero-order valence-electron chi connectivity index (χ0n) is 16.3. The molecule has 0 bridgehead atoms. The van der Waals surface area contributed by atoms with Gasteiger partial charge in [-0.2, -0.15) is 0 Å². The van der Waals surface area contributed by atoms with Crippen molar-refractivity contribution in [2.45, 2.75) is 13.3 Å². The summed E-state index contributed by atoms with van der Waals surface area (Å²) in [5.41, 5.74) is 2.22. The van der Waals surface area contributed by atoms with Crippen LogP contribution in [0.15, 0.2) is 42.9 Å².